The predicted molar refractivity (Wildman–Crippen MR) is 200 cm³/mol. The third kappa shape index (κ3) is 18.4. The van der Waals surface area contributed by atoms with Crippen LogP contribution in [0.4, 0.5) is 45.9 Å². The molecule has 0 saturated heterocycles. The number of aliphatic imine (C=N–C) groups is 1. The van der Waals surface area contributed by atoms with Crippen LogP contribution in [-0.2, 0) is 32.0 Å². The average Bonchev–Trinajstić information content (AvgIpc) is 3.74. The highest BCUT2D eigenvalue weighted by Gasteiger charge is 2.33. The minimum Gasteiger partial charge on any atom is -0.402 e. The molecule has 0 aliphatic rings. The van der Waals surface area contributed by atoms with E-state index in [1.807, 2.05) is 62.3 Å². The number of nitrogens with two attached hydrogens (primary N) is 1. The molecule has 22 heteroatoms. The van der Waals surface area contributed by atoms with E-state index in [4.69, 9.17) is 65.7 Å². The van der Waals surface area contributed by atoms with Crippen molar-refractivity contribution >= 4 is 98.7 Å². The van der Waals surface area contributed by atoms with Crippen molar-refractivity contribution < 1.29 is 45.9 Å². The maximum absolute atomic E-state index is 12.8. The van der Waals surface area contributed by atoms with Gasteiger partial charge in [-0.3, -0.25) is 5.32 Å². The summed E-state index contributed by atoms with van der Waals surface area (Å²) in [6.45, 7) is 17.8. The molecule has 0 spiro atoms. The molecule has 2 amide bonds. The number of carbonyl (C=O) groups is 2. The van der Waals surface area contributed by atoms with E-state index in [0.29, 0.717) is 17.3 Å². The number of isocyanates is 1. The van der Waals surface area contributed by atoms with Crippen molar-refractivity contribution in [2.75, 3.05) is 16.4 Å². The minimum absolute atomic E-state index is 0.00458. The summed E-state index contributed by atoms with van der Waals surface area (Å²) in [6.07, 6.45) is -3.21. The summed E-state index contributed by atoms with van der Waals surface area (Å²) >= 11 is 25.0. The van der Waals surface area contributed by atoms with Crippen LogP contribution in [-0.4, -0.2) is 37.0 Å². The van der Waals surface area contributed by atoms with E-state index in [0.717, 1.165) is 17.9 Å². The van der Waals surface area contributed by atoms with Gasteiger partial charge in [0.25, 0.3) is 0 Å². The van der Waals surface area contributed by atoms with Gasteiger partial charge in [-0.1, -0.05) is 89.4 Å². The van der Waals surface area contributed by atoms with Gasteiger partial charge in [-0.15, -0.1) is 4.99 Å². The van der Waals surface area contributed by atoms with Crippen molar-refractivity contribution in [3.8, 4) is 0 Å². The number of carbonyl (C=O) groups excluding carboxylic acids is 3. The van der Waals surface area contributed by atoms with Crippen LogP contribution in [0.5, 0.6) is 0 Å². The van der Waals surface area contributed by atoms with Crippen LogP contribution < -0.4 is 16.4 Å². The van der Waals surface area contributed by atoms with E-state index in [-0.39, 0.29) is 33.6 Å². The van der Waals surface area contributed by atoms with Crippen molar-refractivity contribution in [2.24, 2.45) is 4.99 Å². The molecule has 4 rings (SSSR count). The number of ether oxygens (including phenoxy) is 1. The Balaban J connectivity index is 0.000000405. The van der Waals surface area contributed by atoms with Gasteiger partial charge in [-0.25, -0.2) is 14.4 Å². The number of rotatable bonds is 3. The lowest BCUT2D eigenvalue weighted by molar-refractivity contribution is -0.137. The first-order valence-corrected chi connectivity index (χ1v) is 17.0. The third-order valence-corrected chi connectivity index (χ3v) is 6.52. The molecule has 54 heavy (non-hydrogen) atoms. The van der Waals surface area contributed by atoms with Crippen LogP contribution in [0.15, 0.2) is 55.0 Å². The minimum atomic E-state index is -4.61. The second-order valence-electron chi connectivity index (χ2n) is 13.8. The maximum Gasteiger partial charge on any atom is 0.417 e. The Labute approximate surface area is 333 Å². The zero-order valence-corrected chi connectivity index (χ0v) is 34.0. The number of halogens is 8. The van der Waals surface area contributed by atoms with Gasteiger partial charge in [0.05, 0.1) is 10.6 Å². The zero-order chi connectivity index (χ0) is 41.9. The van der Waals surface area contributed by atoms with Crippen LogP contribution in [0.25, 0.3) is 0 Å². The largest absolute Gasteiger partial charge is 0.417 e. The van der Waals surface area contributed by atoms with Crippen LogP contribution in [0.2, 0.25) is 5.02 Å². The number of alkyl halides is 6. The summed E-state index contributed by atoms with van der Waals surface area (Å²) in [7, 11) is 0. The van der Waals surface area contributed by atoms with Gasteiger partial charge in [-0.05, 0) is 53.0 Å². The van der Waals surface area contributed by atoms with Crippen LogP contribution in [0.1, 0.15) is 85.2 Å². The van der Waals surface area contributed by atoms with Gasteiger partial charge in [-0.2, -0.15) is 13.2 Å². The SMILES string of the molecule is CC(C)(C)c1cc(N)no1.CC(C)(C)c1cc(N=C=O)no1.CC(C)(C)c1cc(NC(=O)Nc2ccc(Cl)c(C(F)(F)F)c2)no1.O=C(Cl)OC(Cl)(Cl)Cl. The van der Waals surface area contributed by atoms with Crippen molar-refractivity contribution in [1.82, 2.24) is 15.5 Å². The number of anilines is 3. The first kappa shape index (κ1) is 48.0. The fourth-order valence-electron chi connectivity index (χ4n) is 3.24. The third-order valence-electron chi connectivity index (χ3n) is 5.88. The van der Waals surface area contributed by atoms with E-state index in [9.17, 15) is 27.6 Å². The average molecular weight is 866 g/mol. The first-order chi connectivity index (χ1) is 24.4. The monoisotopic (exact) mass is 863 g/mol. The molecule has 0 saturated carbocycles. The predicted octanol–water partition coefficient (Wildman–Crippen LogP) is 11.5. The van der Waals surface area contributed by atoms with Gasteiger partial charge in [0.15, 0.2) is 11.6 Å². The van der Waals surface area contributed by atoms with Crippen molar-refractivity contribution in [2.45, 2.75) is 88.7 Å². The summed E-state index contributed by atoms with van der Waals surface area (Å²) in [6, 6.07) is 7.26. The zero-order valence-electron chi connectivity index (χ0n) is 30.2. The lowest BCUT2D eigenvalue weighted by Gasteiger charge is -2.12. The lowest BCUT2D eigenvalue weighted by atomic mass is 9.93. The standard InChI is InChI=1S/C15H15ClF3N3O2.C8H10N2O2.C7H12N2O.C2Cl4O2/c1-14(2,3)11-7-12(22-24-11)21-13(23)20-8-4-5-10(16)9(6-8)15(17,18)19;1-8(2,3)6-4-7(9-5-11)10-12-6;1-7(2,3)5-4-6(8)9-10-5;3-1(7)8-2(4,5)6/h4-7H,1-3H3,(H2,20,21,22,23);4H,1-3H3;4H,1-3H3,(H2,8,9);. The summed E-state index contributed by atoms with van der Waals surface area (Å²) in [5.74, 6) is 2.97. The number of nitrogens with zero attached hydrogens (tertiary/aromatic N) is 4. The molecule has 3 aromatic heterocycles. The lowest BCUT2D eigenvalue weighted by Crippen LogP contribution is -2.20. The molecular weight excluding hydrogens is 829 g/mol. The molecule has 0 fully saturated rings. The van der Waals surface area contributed by atoms with Crippen LogP contribution >= 0.6 is 58.0 Å². The van der Waals surface area contributed by atoms with Crippen molar-refractivity contribution in [3.63, 3.8) is 0 Å². The Morgan fingerprint density at radius 1 is 0.796 bits per heavy atom. The highest BCUT2D eigenvalue weighted by Crippen LogP contribution is 2.36. The molecule has 3 heterocycles. The normalized spacial score (nSPS) is 11.6. The highest BCUT2D eigenvalue weighted by atomic mass is 35.6. The maximum atomic E-state index is 12.8. The summed E-state index contributed by atoms with van der Waals surface area (Å²) in [5, 5.41) is 15.1. The van der Waals surface area contributed by atoms with Crippen molar-refractivity contribution in [3.05, 3.63) is 64.3 Å². The van der Waals surface area contributed by atoms with E-state index >= 15 is 0 Å². The number of hydrogen-bond donors (Lipinski definition) is 3. The van der Waals surface area contributed by atoms with Gasteiger partial charge in [0.2, 0.25) is 11.9 Å². The van der Waals surface area contributed by atoms with Crippen LogP contribution in [0, 0.1) is 0 Å². The second-order valence-corrected chi connectivity index (χ2v) is 16.6. The molecule has 0 unspecified atom stereocenters. The summed E-state index contributed by atoms with van der Waals surface area (Å²) in [4.78, 5) is 34.8. The van der Waals surface area contributed by atoms with E-state index in [1.165, 1.54) is 12.1 Å². The molecule has 4 N–H and O–H groups in total. The number of nitrogen functional groups attached to an aromatic ring is 1. The number of urea groups is 1. The molecule has 0 radical (unpaired) electrons. The van der Waals surface area contributed by atoms with Crippen LogP contribution in [0.3, 0.4) is 0 Å². The summed E-state index contributed by atoms with van der Waals surface area (Å²) < 4.78 is 55.2. The Bertz CT molecular complexity index is 1880. The smallest absolute Gasteiger partial charge is 0.402 e. The topological polar surface area (TPSA) is 201 Å². The molecule has 1 aromatic carbocycles. The Hall–Kier alpha value is -3.99. The van der Waals surface area contributed by atoms with Gasteiger partial charge >= 0.3 is 21.6 Å². The van der Waals surface area contributed by atoms with E-state index in [2.05, 4.69) is 47.4 Å². The van der Waals surface area contributed by atoms with Gasteiger partial charge < -0.3 is 29.4 Å². The molecule has 0 aliphatic carbocycles. The molecule has 0 bridgehead atoms. The molecular formula is C32H37Cl5F3N7O7. The highest BCUT2D eigenvalue weighted by molar-refractivity contribution is 6.69. The number of nitrogens with one attached hydrogen (secondary N) is 2. The molecule has 0 aliphatic heterocycles. The Morgan fingerprint density at radius 2 is 1.30 bits per heavy atom. The van der Waals surface area contributed by atoms with E-state index in [1.54, 1.807) is 18.2 Å². The molecule has 14 nitrogen and oxygen atoms in total. The number of amides is 2. The number of aromatic nitrogens is 3. The Morgan fingerprint density at radius 3 is 1.67 bits per heavy atom. The Kier molecular flexibility index (Phi) is 17.4. The van der Waals surface area contributed by atoms with E-state index < -0.39 is 32.2 Å². The number of benzene rings is 1. The summed E-state index contributed by atoms with van der Waals surface area (Å²) in [5.41, 5.74) is 2.75. The molecule has 0 atom stereocenters. The second kappa shape index (κ2) is 19.6. The van der Waals surface area contributed by atoms with Gasteiger partial charge in [0.1, 0.15) is 17.3 Å². The molecule has 298 valence electrons. The van der Waals surface area contributed by atoms with Gasteiger partial charge in [0, 0.05) is 51.7 Å². The number of hydrogen-bond acceptors (Lipinski definition) is 12. The fourth-order valence-corrected chi connectivity index (χ4v) is 3.91. The first-order valence-electron chi connectivity index (χ1n) is 15.1. The fraction of sp³-hybridized carbons (Fsp3) is 0.438. The molecule has 4 aromatic rings. The quantitative estimate of drug-likeness (QED) is 0.0765. The van der Waals surface area contributed by atoms with Crippen molar-refractivity contribution in [1.29, 1.82) is 0 Å².